The molecule has 1 rings (SSSR count). The van der Waals surface area contributed by atoms with Crippen LogP contribution in [0.1, 0.15) is 90.5 Å². The topological polar surface area (TPSA) is 17.8 Å². The Hall–Kier alpha value is -0.790. The monoisotopic (exact) mass is 264 g/mol. The van der Waals surface area contributed by atoms with Gasteiger partial charge in [-0.3, -0.25) is 4.68 Å². The summed E-state index contributed by atoms with van der Waals surface area (Å²) in [5, 5.41) is 4.43. The Morgan fingerprint density at radius 2 is 1.47 bits per heavy atom. The molecule has 19 heavy (non-hydrogen) atoms. The van der Waals surface area contributed by atoms with E-state index in [4.69, 9.17) is 0 Å². The van der Waals surface area contributed by atoms with Crippen LogP contribution in [0.2, 0.25) is 0 Å². The van der Waals surface area contributed by atoms with Crippen LogP contribution in [0, 0.1) is 0 Å². The number of nitrogens with zero attached hydrogens (tertiary/aromatic N) is 2. The molecule has 0 aliphatic carbocycles. The molecule has 110 valence electrons. The number of rotatable bonds is 12. The van der Waals surface area contributed by atoms with Crippen LogP contribution in [0.3, 0.4) is 0 Å². The van der Waals surface area contributed by atoms with Gasteiger partial charge in [-0.25, -0.2) is 0 Å². The zero-order chi connectivity index (χ0) is 13.8. The van der Waals surface area contributed by atoms with E-state index in [1.54, 1.807) is 0 Å². The SMILES string of the molecule is CCCCCCCCCC(CCCC)n1cccn1. The molecule has 0 N–H and O–H groups in total. The summed E-state index contributed by atoms with van der Waals surface area (Å²) in [4.78, 5) is 0. The Labute approximate surface area is 119 Å². The summed E-state index contributed by atoms with van der Waals surface area (Å²) in [5.74, 6) is 0. The smallest absolute Gasteiger partial charge is 0.0519 e. The van der Waals surface area contributed by atoms with Crippen molar-refractivity contribution in [3.05, 3.63) is 18.5 Å². The summed E-state index contributed by atoms with van der Waals surface area (Å²) in [5.41, 5.74) is 0. The second kappa shape index (κ2) is 11.1. The van der Waals surface area contributed by atoms with Gasteiger partial charge in [0.1, 0.15) is 0 Å². The first kappa shape index (κ1) is 16.3. The molecule has 0 amide bonds. The normalized spacial score (nSPS) is 12.7. The van der Waals surface area contributed by atoms with E-state index in [-0.39, 0.29) is 0 Å². The molecule has 1 aromatic heterocycles. The van der Waals surface area contributed by atoms with Crippen LogP contribution < -0.4 is 0 Å². The van der Waals surface area contributed by atoms with Crippen molar-refractivity contribution in [1.29, 1.82) is 0 Å². The minimum absolute atomic E-state index is 0.630. The lowest BCUT2D eigenvalue weighted by Crippen LogP contribution is -2.09. The standard InChI is InChI=1S/C17H32N2/c1-3-5-7-8-9-10-11-14-17(13-6-4-2)19-16-12-15-18-19/h12,15-17H,3-11,13-14H2,1-2H3. The van der Waals surface area contributed by atoms with E-state index < -0.39 is 0 Å². The highest BCUT2D eigenvalue weighted by molar-refractivity contribution is 4.81. The summed E-state index contributed by atoms with van der Waals surface area (Å²) in [6.07, 6.45) is 19.0. The van der Waals surface area contributed by atoms with Crippen LogP contribution >= 0.6 is 0 Å². The molecular weight excluding hydrogens is 232 g/mol. The lowest BCUT2D eigenvalue weighted by molar-refractivity contribution is 0.371. The van der Waals surface area contributed by atoms with Gasteiger partial charge in [-0.1, -0.05) is 71.6 Å². The Morgan fingerprint density at radius 1 is 0.842 bits per heavy atom. The van der Waals surface area contributed by atoms with Gasteiger partial charge < -0.3 is 0 Å². The Balaban J connectivity index is 2.15. The third-order valence-electron chi connectivity index (χ3n) is 3.93. The minimum atomic E-state index is 0.630. The number of aromatic nitrogens is 2. The highest BCUT2D eigenvalue weighted by atomic mass is 15.3. The fourth-order valence-corrected chi connectivity index (χ4v) is 2.68. The van der Waals surface area contributed by atoms with E-state index in [9.17, 15) is 0 Å². The molecule has 1 heterocycles. The van der Waals surface area contributed by atoms with Crippen molar-refractivity contribution in [1.82, 2.24) is 9.78 Å². The highest BCUT2D eigenvalue weighted by Crippen LogP contribution is 2.21. The van der Waals surface area contributed by atoms with Crippen molar-refractivity contribution >= 4 is 0 Å². The number of unbranched alkanes of at least 4 members (excludes halogenated alkanes) is 7. The second-order valence-electron chi connectivity index (χ2n) is 5.69. The first-order valence-corrected chi connectivity index (χ1v) is 8.37. The van der Waals surface area contributed by atoms with Crippen LogP contribution in [0.15, 0.2) is 18.5 Å². The van der Waals surface area contributed by atoms with Crippen LogP contribution in [0.5, 0.6) is 0 Å². The van der Waals surface area contributed by atoms with Crippen LogP contribution in [0.4, 0.5) is 0 Å². The van der Waals surface area contributed by atoms with Crippen molar-refractivity contribution in [2.24, 2.45) is 0 Å². The quantitative estimate of drug-likeness (QED) is 0.439. The molecule has 1 unspecified atom stereocenters. The molecule has 2 heteroatoms. The van der Waals surface area contributed by atoms with Crippen molar-refractivity contribution in [2.45, 2.75) is 90.5 Å². The molecule has 1 aromatic rings. The molecule has 0 fully saturated rings. The van der Waals surface area contributed by atoms with Gasteiger partial charge in [0.05, 0.1) is 6.04 Å². The van der Waals surface area contributed by atoms with Crippen LogP contribution in [0.25, 0.3) is 0 Å². The summed E-state index contributed by atoms with van der Waals surface area (Å²) >= 11 is 0. The molecule has 0 aliphatic heterocycles. The average Bonchev–Trinajstić information content (AvgIpc) is 2.95. The predicted molar refractivity (Wildman–Crippen MR) is 83.4 cm³/mol. The van der Waals surface area contributed by atoms with E-state index in [1.165, 1.54) is 70.6 Å². The molecule has 0 aromatic carbocycles. The van der Waals surface area contributed by atoms with E-state index >= 15 is 0 Å². The maximum Gasteiger partial charge on any atom is 0.0519 e. The summed E-state index contributed by atoms with van der Waals surface area (Å²) < 4.78 is 2.17. The molecule has 0 saturated heterocycles. The Kier molecular flexibility index (Phi) is 9.48. The van der Waals surface area contributed by atoms with Gasteiger partial charge in [0.15, 0.2) is 0 Å². The maximum atomic E-state index is 4.43. The maximum absolute atomic E-state index is 4.43. The molecular formula is C17H32N2. The molecule has 0 radical (unpaired) electrons. The van der Waals surface area contributed by atoms with Gasteiger partial charge in [-0.2, -0.15) is 5.10 Å². The average molecular weight is 264 g/mol. The first-order chi connectivity index (χ1) is 9.38. The fraction of sp³-hybridized carbons (Fsp3) is 0.824. The molecule has 2 nitrogen and oxygen atoms in total. The van der Waals surface area contributed by atoms with Crippen LogP contribution in [-0.4, -0.2) is 9.78 Å². The largest absolute Gasteiger partial charge is 0.270 e. The van der Waals surface area contributed by atoms with Crippen molar-refractivity contribution in [3.63, 3.8) is 0 Å². The highest BCUT2D eigenvalue weighted by Gasteiger charge is 2.09. The third-order valence-corrected chi connectivity index (χ3v) is 3.93. The lowest BCUT2D eigenvalue weighted by atomic mass is 10.0. The van der Waals surface area contributed by atoms with Gasteiger partial charge in [-0.15, -0.1) is 0 Å². The van der Waals surface area contributed by atoms with Gasteiger partial charge in [-0.05, 0) is 18.9 Å². The Morgan fingerprint density at radius 3 is 2.11 bits per heavy atom. The van der Waals surface area contributed by atoms with E-state index in [2.05, 4.69) is 29.8 Å². The molecule has 0 saturated carbocycles. The zero-order valence-corrected chi connectivity index (χ0v) is 13.0. The summed E-state index contributed by atoms with van der Waals surface area (Å²) in [6.45, 7) is 4.55. The number of hydrogen-bond acceptors (Lipinski definition) is 1. The Bertz CT molecular complexity index is 279. The molecule has 0 spiro atoms. The minimum Gasteiger partial charge on any atom is -0.270 e. The zero-order valence-electron chi connectivity index (χ0n) is 13.0. The van der Waals surface area contributed by atoms with Crippen LogP contribution in [-0.2, 0) is 0 Å². The molecule has 0 bridgehead atoms. The summed E-state index contributed by atoms with van der Waals surface area (Å²) in [6, 6.07) is 2.68. The summed E-state index contributed by atoms with van der Waals surface area (Å²) in [7, 11) is 0. The first-order valence-electron chi connectivity index (χ1n) is 8.37. The van der Waals surface area contributed by atoms with E-state index in [0.717, 1.165) is 0 Å². The lowest BCUT2D eigenvalue weighted by Gasteiger charge is -2.17. The van der Waals surface area contributed by atoms with Crippen molar-refractivity contribution < 1.29 is 0 Å². The predicted octanol–water partition coefficient (Wildman–Crippen LogP) is 5.76. The van der Waals surface area contributed by atoms with Gasteiger partial charge in [0.2, 0.25) is 0 Å². The molecule has 1 atom stereocenters. The van der Waals surface area contributed by atoms with Gasteiger partial charge in [0, 0.05) is 12.4 Å². The van der Waals surface area contributed by atoms with Gasteiger partial charge >= 0.3 is 0 Å². The van der Waals surface area contributed by atoms with E-state index in [1.807, 2.05) is 12.3 Å². The van der Waals surface area contributed by atoms with Crippen molar-refractivity contribution in [2.75, 3.05) is 0 Å². The van der Waals surface area contributed by atoms with Gasteiger partial charge in [0.25, 0.3) is 0 Å². The second-order valence-corrected chi connectivity index (χ2v) is 5.69. The van der Waals surface area contributed by atoms with E-state index in [0.29, 0.717) is 6.04 Å². The van der Waals surface area contributed by atoms with Crippen molar-refractivity contribution in [3.8, 4) is 0 Å². The third kappa shape index (κ3) is 7.39. The number of hydrogen-bond donors (Lipinski definition) is 0. The molecule has 0 aliphatic rings. The fourth-order valence-electron chi connectivity index (χ4n) is 2.68.